The first-order chi connectivity index (χ1) is 21.9. The molecular weight excluding hydrogens is 619 g/mol. The Hall–Kier alpha value is -3.17. The van der Waals surface area contributed by atoms with Crippen molar-refractivity contribution >= 4 is 0 Å². The van der Waals surface area contributed by atoms with Crippen molar-refractivity contribution in [1.82, 2.24) is 0 Å². The Bertz CT molecular complexity index is 1540. The lowest BCUT2D eigenvalue weighted by molar-refractivity contribution is -0.275. The molecule has 0 spiro atoms. The number of ether oxygens (including phenoxy) is 1. The Kier molecular flexibility index (Phi) is 10.6. The van der Waals surface area contributed by atoms with Crippen LogP contribution in [-0.2, 0) is 25.7 Å². The summed E-state index contributed by atoms with van der Waals surface area (Å²) in [4.78, 5) is 0. The summed E-state index contributed by atoms with van der Waals surface area (Å²) in [7, 11) is 0. The molecule has 0 heterocycles. The van der Waals surface area contributed by atoms with E-state index in [-0.39, 0.29) is 72.5 Å². The van der Waals surface area contributed by atoms with Crippen LogP contribution in [0.2, 0.25) is 0 Å². The number of hydrogen-bond donors (Lipinski definition) is 0. The molecule has 1 unspecified atom stereocenters. The Morgan fingerprint density at radius 2 is 1.43 bits per heavy atom. The van der Waals surface area contributed by atoms with Crippen LogP contribution >= 0.6 is 0 Å². The number of benzene rings is 3. The highest BCUT2D eigenvalue weighted by molar-refractivity contribution is 5.41. The minimum atomic E-state index is -5.19. The first-order valence-electron chi connectivity index (χ1n) is 16.1. The molecule has 2 aliphatic rings. The van der Waals surface area contributed by atoms with Gasteiger partial charge < -0.3 is 4.74 Å². The highest BCUT2D eigenvalue weighted by Crippen LogP contribution is 2.46. The molecule has 0 saturated heterocycles. The molecule has 1 nitrogen and oxygen atoms in total. The molecule has 0 radical (unpaired) electrons. The van der Waals surface area contributed by atoms with Gasteiger partial charge in [0.25, 0.3) is 0 Å². The Labute approximate surface area is 263 Å². The lowest BCUT2D eigenvalue weighted by atomic mass is 9.73. The van der Waals surface area contributed by atoms with Gasteiger partial charge in [-0.2, -0.15) is 4.39 Å². The molecule has 10 heteroatoms. The smallest absolute Gasteiger partial charge is 0.403 e. The normalized spacial score (nSPS) is 20.1. The third-order valence-corrected chi connectivity index (χ3v) is 9.74. The van der Waals surface area contributed by atoms with Crippen LogP contribution in [-0.4, -0.2) is 6.36 Å². The van der Waals surface area contributed by atoms with Gasteiger partial charge in [0.15, 0.2) is 23.2 Å². The number of aryl methyl sites for hydroxylation is 2. The predicted octanol–water partition coefficient (Wildman–Crippen LogP) is 11.3. The number of hydrogen-bond acceptors (Lipinski definition) is 1. The summed E-state index contributed by atoms with van der Waals surface area (Å²) in [5.74, 6) is -9.20. The molecule has 0 N–H and O–H groups in total. The van der Waals surface area contributed by atoms with E-state index in [4.69, 9.17) is 0 Å². The summed E-state index contributed by atoms with van der Waals surface area (Å²) >= 11 is 0. The summed E-state index contributed by atoms with van der Waals surface area (Å²) in [6.07, 6.45) is 1.39. The van der Waals surface area contributed by atoms with E-state index in [0.717, 1.165) is 37.3 Å². The maximum atomic E-state index is 15.8. The summed E-state index contributed by atoms with van der Waals surface area (Å²) < 4.78 is 131. The monoisotopic (exact) mass is 656 g/mol. The number of alkyl halides is 3. The molecule has 0 bridgehead atoms. The van der Waals surface area contributed by atoms with Crippen molar-refractivity contribution in [2.75, 3.05) is 0 Å². The fraction of sp³-hybridized carbons (Fsp3) is 0.500. The number of halogens is 9. The fourth-order valence-electron chi connectivity index (χ4n) is 7.24. The predicted molar refractivity (Wildman–Crippen MR) is 157 cm³/mol. The van der Waals surface area contributed by atoms with E-state index in [2.05, 4.69) is 11.7 Å². The van der Waals surface area contributed by atoms with Crippen LogP contribution in [0.3, 0.4) is 0 Å². The van der Waals surface area contributed by atoms with Crippen LogP contribution in [0.15, 0.2) is 30.3 Å². The second kappa shape index (κ2) is 14.3. The van der Waals surface area contributed by atoms with Crippen LogP contribution in [0.5, 0.6) is 5.75 Å². The minimum absolute atomic E-state index is 0.0224. The van der Waals surface area contributed by atoms with E-state index >= 15 is 13.2 Å². The molecular formula is C36H37F9O. The SMILES string of the molecule is CCCCCc1ccc(CCC2CCc3c(F)c(C4CCC(c5ccc(OC(F)(F)F)c(F)c5F)CC4)c(F)c(F)c3C2)c(F)c1. The third-order valence-electron chi connectivity index (χ3n) is 9.74. The summed E-state index contributed by atoms with van der Waals surface area (Å²) in [6, 6.07) is 7.02. The first-order valence-corrected chi connectivity index (χ1v) is 16.1. The van der Waals surface area contributed by atoms with E-state index in [1.54, 1.807) is 12.1 Å². The number of unbranched alkanes of at least 4 members (excludes halogenated alkanes) is 2. The van der Waals surface area contributed by atoms with Crippen molar-refractivity contribution < 1.29 is 44.3 Å². The van der Waals surface area contributed by atoms with Crippen molar-refractivity contribution in [3.05, 3.63) is 98.6 Å². The third kappa shape index (κ3) is 7.52. The van der Waals surface area contributed by atoms with Gasteiger partial charge in [0.2, 0.25) is 5.82 Å². The standard InChI is InChI=1S/C36H37F9O/c1-2-3-4-5-20-6-9-23(28(37)19-20)10-7-21-8-15-26-27(18-21)33(40)35(42)30(31(26)38)24-13-11-22(12-14-24)25-16-17-29(34(41)32(25)39)46-36(43,44)45/h6,9,16-17,19,21-22,24H,2-5,7-8,10-15,18H2,1H3. The molecule has 5 rings (SSSR count). The minimum Gasteiger partial charge on any atom is -0.403 e. The molecule has 1 saturated carbocycles. The van der Waals surface area contributed by atoms with Crippen LogP contribution in [0.4, 0.5) is 39.5 Å². The average molecular weight is 657 g/mol. The highest BCUT2D eigenvalue weighted by Gasteiger charge is 2.37. The van der Waals surface area contributed by atoms with Gasteiger partial charge in [0.1, 0.15) is 11.6 Å². The molecule has 0 amide bonds. The van der Waals surface area contributed by atoms with E-state index in [1.807, 2.05) is 6.07 Å². The topological polar surface area (TPSA) is 9.23 Å². The number of fused-ring (bicyclic) bond motifs is 1. The summed E-state index contributed by atoms with van der Waals surface area (Å²) in [5.41, 5.74) is 1.22. The van der Waals surface area contributed by atoms with Crippen molar-refractivity contribution in [1.29, 1.82) is 0 Å². The van der Waals surface area contributed by atoms with E-state index < -0.39 is 53.0 Å². The van der Waals surface area contributed by atoms with E-state index in [0.29, 0.717) is 30.9 Å². The van der Waals surface area contributed by atoms with Gasteiger partial charge in [-0.3, -0.25) is 0 Å². The molecule has 46 heavy (non-hydrogen) atoms. The van der Waals surface area contributed by atoms with Gasteiger partial charge in [0, 0.05) is 5.56 Å². The molecule has 3 aromatic carbocycles. The van der Waals surface area contributed by atoms with E-state index in [9.17, 15) is 26.3 Å². The molecule has 1 fully saturated rings. The van der Waals surface area contributed by atoms with Gasteiger partial charge in [-0.05, 0) is 128 Å². The number of rotatable bonds is 10. The molecule has 3 aromatic rings. The zero-order chi connectivity index (χ0) is 33.2. The first kappa shape index (κ1) is 34.2. The maximum Gasteiger partial charge on any atom is 0.573 e. The molecule has 0 aliphatic heterocycles. The van der Waals surface area contributed by atoms with E-state index in [1.165, 1.54) is 0 Å². The van der Waals surface area contributed by atoms with Gasteiger partial charge in [-0.25, -0.2) is 22.0 Å². The largest absolute Gasteiger partial charge is 0.573 e. The highest BCUT2D eigenvalue weighted by atomic mass is 19.4. The lowest BCUT2D eigenvalue weighted by Crippen LogP contribution is -2.23. The summed E-state index contributed by atoms with van der Waals surface area (Å²) in [6.45, 7) is 2.11. The zero-order valence-electron chi connectivity index (χ0n) is 25.6. The van der Waals surface area contributed by atoms with Gasteiger partial charge in [-0.15, -0.1) is 13.2 Å². The van der Waals surface area contributed by atoms with Crippen LogP contribution < -0.4 is 4.74 Å². The maximum absolute atomic E-state index is 15.8. The summed E-state index contributed by atoms with van der Waals surface area (Å²) in [5, 5.41) is 0. The average Bonchev–Trinajstić information content (AvgIpc) is 3.02. The Balaban J connectivity index is 1.23. The Morgan fingerprint density at radius 3 is 2.11 bits per heavy atom. The molecule has 0 aromatic heterocycles. The van der Waals surface area contributed by atoms with Crippen LogP contribution in [0, 0.1) is 40.8 Å². The van der Waals surface area contributed by atoms with Crippen LogP contribution in [0.1, 0.15) is 110 Å². The van der Waals surface area contributed by atoms with Gasteiger partial charge in [-0.1, -0.05) is 38.0 Å². The van der Waals surface area contributed by atoms with Crippen LogP contribution in [0.25, 0.3) is 0 Å². The second-order valence-electron chi connectivity index (χ2n) is 12.7. The molecule has 250 valence electrons. The molecule has 2 aliphatic carbocycles. The van der Waals surface area contributed by atoms with Crippen molar-refractivity contribution in [3.63, 3.8) is 0 Å². The van der Waals surface area contributed by atoms with Crippen molar-refractivity contribution in [2.24, 2.45) is 5.92 Å². The van der Waals surface area contributed by atoms with Gasteiger partial charge in [0.05, 0.1) is 0 Å². The zero-order valence-corrected chi connectivity index (χ0v) is 25.6. The quantitative estimate of drug-likeness (QED) is 0.120. The molecule has 1 atom stereocenters. The lowest BCUT2D eigenvalue weighted by Gasteiger charge is -2.32. The van der Waals surface area contributed by atoms with Crippen molar-refractivity contribution in [2.45, 2.75) is 109 Å². The van der Waals surface area contributed by atoms with Crippen molar-refractivity contribution in [3.8, 4) is 5.75 Å². The second-order valence-corrected chi connectivity index (χ2v) is 12.7. The fourth-order valence-corrected chi connectivity index (χ4v) is 7.24. The Morgan fingerprint density at radius 1 is 0.717 bits per heavy atom. The van der Waals surface area contributed by atoms with Gasteiger partial charge >= 0.3 is 6.36 Å².